The zero-order chi connectivity index (χ0) is 36.6. The average molecular weight is 948 g/mol. The number of benzene rings is 6. The van der Waals surface area contributed by atoms with Crippen LogP contribution in [0.15, 0.2) is 127 Å². The minimum absolute atomic E-state index is 0.368. The van der Waals surface area contributed by atoms with Crippen LogP contribution in [0, 0.1) is 0 Å². The second kappa shape index (κ2) is 15.4. The number of hydrogen-bond acceptors (Lipinski definition) is 4. The highest BCUT2D eigenvalue weighted by atomic mass is 79.9. The van der Waals surface area contributed by atoms with Gasteiger partial charge in [0.05, 0.1) is 28.4 Å². The molecule has 0 amide bonds. The predicted octanol–water partition coefficient (Wildman–Crippen LogP) is 12.8. The van der Waals surface area contributed by atoms with Crippen molar-refractivity contribution in [2.24, 2.45) is 0 Å². The fourth-order valence-corrected chi connectivity index (χ4v) is 9.20. The maximum Gasteiger partial charge on any atom is 0.122 e. The molecule has 0 heterocycles. The molecule has 8 rings (SSSR count). The van der Waals surface area contributed by atoms with Gasteiger partial charge in [0.1, 0.15) is 23.0 Å². The molecule has 6 aromatic carbocycles. The molecule has 0 saturated heterocycles. The van der Waals surface area contributed by atoms with Crippen LogP contribution in [0.4, 0.5) is 0 Å². The quantitative estimate of drug-likeness (QED) is 0.152. The van der Waals surface area contributed by atoms with E-state index in [1.165, 1.54) is 44.5 Å². The predicted molar refractivity (Wildman–Crippen MR) is 225 cm³/mol. The van der Waals surface area contributed by atoms with Gasteiger partial charge >= 0.3 is 0 Å². The highest BCUT2D eigenvalue weighted by Crippen LogP contribution is 2.54. The highest BCUT2D eigenvalue weighted by molar-refractivity contribution is 9.11. The monoisotopic (exact) mass is 944 g/mol. The van der Waals surface area contributed by atoms with E-state index in [-0.39, 0.29) is 5.41 Å². The average Bonchev–Trinajstić information content (AvgIpc) is 3.62. The first-order valence-corrected chi connectivity index (χ1v) is 19.9. The van der Waals surface area contributed by atoms with E-state index in [4.69, 9.17) is 18.9 Å². The van der Waals surface area contributed by atoms with Gasteiger partial charge < -0.3 is 18.9 Å². The lowest BCUT2D eigenvalue weighted by atomic mass is 9.69. The number of rotatable bonds is 8. The van der Waals surface area contributed by atoms with Gasteiger partial charge in [0, 0.05) is 35.4 Å². The Balaban J connectivity index is 0.000000231. The molecule has 0 bridgehead atoms. The van der Waals surface area contributed by atoms with Crippen molar-refractivity contribution >= 4 is 63.7 Å². The molecule has 52 heavy (non-hydrogen) atoms. The Morgan fingerprint density at radius 2 is 0.750 bits per heavy atom. The van der Waals surface area contributed by atoms with Gasteiger partial charge in [-0.1, -0.05) is 88.0 Å². The van der Waals surface area contributed by atoms with Crippen molar-refractivity contribution in [3.63, 3.8) is 0 Å². The first-order chi connectivity index (χ1) is 25.1. The van der Waals surface area contributed by atoms with Crippen LogP contribution in [0.2, 0.25) is 0 Å². The van der Waals surface area contributed by atoms with E-state index in [2.05, 4.69) is 161 Å². The Morgan fingerprint density at radius 1 is 0.423 bits per heavy atom. The van der Waals surface area contributed by atoms with Crippen molar-refractivity contribution in [1.29, 1.82) is 0 Å². The second-order valence-corrected chi connectivity index (χ2v) is 16.7. The SMILES string of the molecule is Brc1ccc2c(c1)Cc1cc(Br)ccc1-2.COc1cc(CC2(Cc3cc(OC)cc(OC)c3)c3cc(Br)ccc3-c3ccc(Br)cc32)cc(OC)c1. The summed E-state index contributed by atoms with van der Waals surface area (Å²) >= 11 is 14.5. The van der Waals surface area contributed by atoms with E-state index in [1.807, 2.05) is 12.1 Å². The Morgan fingerprint density at radius 3 is 1.10 bits per heavy atom. The van der Waals surface area contributed by atoms with Crippen LogP contribution in [-0.4, -0.2) is 28.4 Å². The fraction of sp³-hybridized carbons (Fsp3) is 0.182. The zero-order valence-electron chi connectivity index (χ0n) is 29.2. The number of halogens is 4. The molecular formula is C44H36Br4O4. The van der Waals surface area contributed by atoms with Crippen molar-refractivity contribution in [2.45, 2.75) is 24.7 Å². The summed E-state index contributed by atoms with van der Waals surface area (Å²) in [5.41, 5.74) is 12.5. The van der Waals surface area contributed by atoms with E-state index in [1.54, 1.807) is 28.4 Å². The lowest BCUT2D eigenvalue weighted by molar-refractivity contribution is 0.391. The van der Waals surface area contributed by atoms with Crippen LogP contribution in [0.5, 0.6) is 23.0 Å². The molecule has 6 aromatic rings. The summed E-state index contributed by atoms with van der Waals surface area (Å²) in [4.78, 5) is 0. The number of ether oxygens (including phenoxy) is 4. The first kappa shape index (κ1) is 36.8. The summed E-state index contributed by atoms with van der Waals surface area (Å²) in [5.74, 6) is 3.09. The molecule has 0 radical (unpaired) electrons. The van der Waals surface area contributed by atoms with Gasteiger partial charge in [-0.3, -0.25) is 0 Å². The highest BCUT2D eigenvalue weighted by Gasteiger charge is 2.44. The van der Waals surface area contributed by atoms with Gasteiger partial charge in [0.2, 0.25) is 0 Å². The number of hydrogen-bond donors (Lipinski definition) is 0. The van der Waals surface area contributed by atoms with Crippen molar-refractivity contribution < 1.29 is 18.9 Å². The van der Waals surface area contributed by atoms with Crippen LogP contribution in [0.3, 0.4) is 0 Å². The molecule has 2 aliphatic carbocycles. The Hall–Kier alpha value is -3.56. The fourth-order valence-electron chi connectivity index (χ4n) is 7.66. The maximum atomic E-state index is 5.62. The molecule has 2 aliphatic rings. The van der Waals surface area contributed by atoms with Crippen molar-refractivity contribution in [1.82, 2.24) is 0 Å². The molecule has 0 aliphatic heterocycles. The Bertz CT molecular complexity index is 2100. The van der Waals surface area contributed by atoms with Crippen LogP contribution >= 0.6 is 63.7 Å². The summed E-state index contributed by atoms with van der Waals surface area (Å²) in [6.07, 6.45) is 2.53. The molecule has 0 atom stereocenters. The first-order valence-electron chi connectivity index (χ1n) is 16.7. The molecule has 0 N–H and O–H groups in total. The third kappa shape index (κ3) is 7.32. The van der Waals surface area contributed by atoms with E-state index in [9.17, 15) is 0 Å². The summed E-state index contributed by atoms with van der Waals surface area (Å²) in [5, 5.41) is 0. The Kier molecular flexibility index (Phi) is 10.9. The minimum atomic E-state index is -0.368. The Labute approximate surface area is 339 Å². The van der Waals surface area contributed by atoms with E-state index in [0.29, 0.717) is 0 Å². The van der Waals surface area contributed by atoms with Crippen molar-refractivity contribution in [2.75, 3.05) is 28.4 Å². The molecular weight excluding hydrogens is 912 g/mol. The van der Waals surface area contributed by atoms with Gasteiger partial charge in [0.15, 0.2) is 0 Å². The molecule has 4 nitrogen and oxygen atoms in total. The molecule has 264 valence electrons. The maximum absolute atomic E-state index is 5.62. The van der Waals surface area contributed by atoms with Crippen LogP contribution in [0.25, 0.3) is 22.3 Å². The zero-order valence-corrected chi connectivity index (χ0v) is 35.5. The number of methoxy groups -OCH3 is 4. The van der Waals surface area contributed by atoms with Crippen molar-refractivity contribution in [3.05, 3.63) is 160 Å². The van der Waals surface area contributed by atoms with Gasteiger partial charge in [-0.25, -0.2) is 0 Å². The van der Waals surface area contributed by atoms with E-state index in [0.717, 1.165) is 71.3 Å². The summed E-state index contributed by atoms with van der Waals surface area (Å²) in [6.45, 7) is 0. The molecule has 0 aromatic heterocycles. The summed E-state index contributed by atoms with van der Waals surface area (Å²) < 4.78 is 26.9. The molecule has 8 heteroatoms. The van der Waals surface area contributed by atoms with Crippen LogP contribution in [0.1, 0.15) is 33.4 Å². The largest absolute Gasteiger partial charge is 0.497 e. The minimum Gasteiger partial charge on any atom is -0.497 e. The lowest BCUT2D eigenvalue weighted by Crippen LogP contribution is -2.31. The summed E-state index contributed by atoms with van der Waals surface area (Å²) in [7, 11) is 6.74. The molecule has 0 spiro atoms. The molecule has 0 saturated carbocycles. The van der Waals surface area contributed by atoms with Gasteiger partial charge in [0.25, 0.3) is 0 Å². The topological polar surface area (TPSA) is 36.9 Å². The van der Waals surface area contributed by atoms with Gasteiger partial charge in [-0.05, 0) is 148 Å². The third-order valence-electron chi connectivity index (χ3n) is 9.92. The lowest BCUT2D eigenvalue weighted by Gasteiger charge is -2.33. The second-order valence-electron chi connectivity index (χ2n) is 13.0. The van der Waals surface area contributed by atoms with Crippen LogP contribution in [-0.2, 0) is 24.7 Å². The molecule has 0 fully saturated rings. The van der Waals surface area contributed by atoms with Crippen LogP contribution < -0.4 is 18.9 Å². The smallest absolute Gasteiger partial charge is 0.122 e. The van der Waals surface area contributed by atoms with Crippen molar-refractivity contribution in [3.8, 4) is 45.3 Å². The van der Waals surface area contributed by atoms with Gasteiger partial charge in [-0.15, -0.1) is 0 Å². The normalized spacial score (nSPS) is 12.8. The standard InChI is InChI=1S/C31H28Br2O4.C13H8Br2/c1-34-23-9-19(10-24(15-23)35-2)17-31(18-20-11-25(36-3)16-26(12-20)37-4)29-13-21(32)5-7-27(29)28-8-6-22(33)14-30(28)31;14-10-1-3-12-8(6-10)5-9-7-11(15)2-4-13(9)12/h5-16H,17-18H2,1-4H3;1-4,6-7H,5H2. The number of fused-ring (bicyclic) bond motifs is 6. The van der Waals surface area contributed by atoms with Gasteiger partial charge in [-0.2, -0.15) is 0 Å². The third-order valence-corrected chi connectivity index (χ3v) is 11.9. The summed E-state index contributed by atoms with van der Waals surface area (Å²) in [6, 6.07) is 38.4. The van der Waals surface area contributed by atoms with E-state index < -0.39 is 0 Å². The molecule has 0 unspecified atom stereocenters. The van der Waals surface area contributed by atoms with E-state index >= 15 is 0 Å².